The first kappa shape index (κ1) is 15.7. The molecule has 1 fully saturated rings. The van der Waals surface area contributed by atoms with E-state index in [1.165, 1.54) is 0 Å². The van der Waals surface area contributed by atoms with Crippen molar-refractivity contribution in [1.29, 1.82) is 0 Å². The molecule has 0 saturated carbocycles. The quantitative estimate of drug-likeness (QED) is 0.946. The average molecular weight is 313 g/mol. The molecule has 1 saturated heterocycles. The van der Waals surface area contributed by atoms with Gasteiger partial charge in [-0.25, -0.2) is 4.68 Å². The highest BCUT2D eigenvalue weighted by atomic mass is 16.3. The molecule has 1 aromatic carbocycles. The standard InChI is InChI=1S/C18H23N3O2/c1-13-7-6-10-20(17(13)12-22)18(23)16-11-19-21(14(16)2)15-8-4-3-5-9-15/h3-5,8-9,11,13,17,22H,6-7,10,12H2,1-2H3. The van der Waals surface area contributed by atoms with Crippen molar-refractivity contribution in [2.45, 2.75) is 32.7 Å². The van der Waals surface area contributed by atoms with Crippen molar-refractivity contribution in [3.8, 4) is 5.69 Å². The Hall–Kier alpha value is -2.14. The molecule has 0 aliphatic carbocycles. The molecule has 1 aromatic heterocycles. The Morgan fingerprint density at radius 2 is 2.09 bits per heavy atom. The SMILES string of the molecule is Cc1c(C(=O)N2CCCC(C)C2CO)cnn1-c1ccccc1. The highest BCUT2D eigenvalue weighted by molar-refractivity contribution is 5.95. The molecule has 5 heteroatoms. The molecule has 2 aromatic rings. The zero-order valence-corrected chi connectivity index (χ0v) is 13.6. The number of nitrogens with zero attached hydrogens (tertiary/aromatic N) is 3. The van der Waals surface area contributed by atoms with Crippen LogP contribution >= 0.6 is 0 Å². The Morgan fingerprint density at radius 1 is 1.35 bits per heavy atom. The number of carbonyl (C=O) groups is 1. The summed E-state index contributed by atoms with van der Waals surface area (Å²) in [5.74, 6) is 0.289. The third-order valence-electron chi connectivity index (χ3n) is 4.80. The zero-order chi connectivity index (χ0) is 16.4. The first-order valence-electron chi connectivity index (χ1n) is 8.15. The van der Waals surface area contributed by atoms with Gasteiger partial charge in [-0.3, -0.25) is 4.79 Å². The lowest BCUT2D eigenvalue weighted by Gasteiger charge is -2.39. The summed E-state index contributed by atoms with van der Waals surface area (Å²) in [6, 6.07) is 9.69. The number of aromatic nitrogens is 2. The van der Waals surface area contributed by atoms with E-state index in [-0.39, 0.29) is 18.6 Å². The van der Waals surface area contributed by atoms with Crippen molar-refractivity contribution >= 4 is 5.91 Å². The molecule has 1 N–H and O–H groups in total. The van der Waals surface area contributed by atoms with Crippen LogP contribution in [0.1, 0.15) is 35.8 Å². The van der Waals surface area contributed by atoms with Gasteiger partial charge in [-0.05, 0) is 37.8 Å². The van der Waals surface area contributed by atoms with Crippen LogP contribution < -0.4 is 0 Å². The van der Waals surface area contributed by atoms with E-state index in [0.717, 1.165) is 24.2 Å². The average Bonchev–Trinajstić information content (AvgIpc) is 2.96. The molecule has 5 nitrogen and oxygen atoms in total. The predicted molar refractivity (Wildman–Crippen MR) is 88.6 cm³/mol. The fourth-order valence-corrected chi connectivity index (χ4v) is 3.38. The van der Waals surface area contributed by atoms with E-state index >= 15 is 0 Å². The van der Waals surface area contributed by atoms with Crippen LogP contribution in [0.2, 0.25) is 0 Å². The minimum atomic E-state index is -0.101. The number of carbonyl (C=O) groups excluding carboxylic acids is 1. The molecule has 3 rings (SSSR count). The van der Waals surface area contributed by atoms with E-state index in [2.05, 4.69) is 12.0 Å². The monoisotopic (exact) mass is 313 g/mol. The van der Waals surface area contributed by atoms with Crippen LogP contribution in [-0.2, 0) is 0 Å². The van der Waals surface area contributed by atoms with E-state index in [4.69, 9.17) is 0 Å². The summed E-state index contributed by atoms with van der Waals surface area (Å²) >= 11 is 0. The van der Waals surface area contributed by atoms with Crippen molar-refractivity contribution in [3.63, 3.8) is 0 Å². The van der Waals surface area contributed by atoms with E-state index in [9.17, 15) is 9.90 Å². The fraction of sp³-hybridized carbons (Fsp3) is 0.444. The predicted octanol–water partition coefficient (Wildman–Crippen LogP) is 2.41. The highest BCUT2D eigenvalue weighted by Crippen LogP contribution is 2.26. The normalized spacial score (nSPS) is 21.4. The van der Waals surface area contributed by atoms with Gasteiger partial charge in [0.2, 0.25) is 0 Å². The topological polar surface area (TPSA) is 58.4 Å². The second-order valence-corrected chi connectivity index (χ2v) is 6.26. The van der Waals surface area contributed by atoms with Crippen LogP contribution in [0.3, 0.4) is 0 Å². The van der Waals surface area contributed by atoms with Crippen molar-refractivity contribution < 1.29 is 9.90 Å². The molecule has 0 bridgehead atoms. The van der Waals surface area contributed by atoms with Gasteiger partial charge < -0.3 is 10.0 Å². The summed E-state index contributed by atoms with van der Waals surface area (Å²) in [5.41, 5.74) is 2.38. The summed E-state index contributed by atoms with van der Waals surface area (Å²) < 4.78 is 1.79. The summed E-state index contributed by atoms with van der Waals surface area (Å²) in [5, 5.41) is 14.0. The minimum Gasteiger partial charge on any atom is -0.394 e. The maximum atomic E-state index is 12.9. The highest BCUT2D eigenvalue weighted by Gasteiger charge is 2.33. The zero-order valence-electron chi connectivity index (χ0n) is 13.6. The van der Waals surface area contributed by atoms with Gasteiger partial charge in [-0.1, -0.05) is 25.1 Å². The second kappa shape index (κ2) is 6.54. The van der Waals surface area contributed by atoms with Crippen LogP contribution in [0.15, 0.2) is 36.5 Å². The van der Waals surface area contributed by atoms with Crippen molar-refractivity contribution in [2.24, 2.45) is 5.92 Å². The first-order chi connectivity index (χ1) is 11.1. The number of para-hydroxylation sites is 1. The molecule has 23 heavy (non-hydrogen) atoms. The van der Waals surface area contributed by atoms with Gasteiger partial charge in [0.25, 0.3) is 5.91 Å². The lowest BCUT2D eigenvalue weighted by Crippen LogP contribution is -2.49. The number of likely N-dealkylation sites (tertiary alicyclic amines) is 1. The van der Waals surface area contributed by atoms with Crippen molar-refractivity contribution in [1.82, 2.24) is 14.7 Å². The number of hydrogen-bond acceptors (Lipinski definition) is 3. The van der Waals surface area contributed by atoms with Gasteiger partial charge in [0.05, 0.1) is 35.8 Å². The van der Waals surface area contributed by atoms with Gasteiger partial charge in [0.15, 0.2) is 0 Å². The van der Waals surface area contributed by atoms with Gasteiger partial charge in [0, 0.05) is 6.54 Å². The Kier molecular flexibility index (Phi) is 4.48. The third-order valence-corrected chi connectivity index (χ3v) is 4.80. The van der Waals surface area contributed by atoms with Gasteiger partial charge in [0.1, 0.15) is 0 Å². The number of piperidine rings is 1. The molecule has 1 amide bonds. The van der Waals surface area contributed by atoms with Gasteiger partial charge in [-0.15, -0.1) is 0 Å². The molecule has 2 unspecified atom stereocenters. The lowest BCUT2D eigenvalue weighted by molar-refractivity contribution is 0.0358. The maximum Gasteiger partial charge on any atom is 0.257 e. The number of rotatable bonds is 3. The van der Waals surface area contributed by atoms with Crippen LogP contribution in [0, 0.1) is 12.8 Å². The van der Waals surface area contributed by atoms with Crippen molar-refractivity contribution in [2.75, 3.05) is 13.2 Å². The summed E-state index contributed by atoms with van der Waals surface area (Å²) in [7, 11) is 0. The fourth-order valence-electron chi connectivity index (χ4n) is 3.38. The number of benzene rings is 1. The molecule has 2 atom stereocenters. The molecular formula is C18H23N3O2. The van der Waals surface area contributed by atoms with Crippen LogP contribution in [0.25, 0.3) is 5.69 Å². The number of hydrogen-bond donors (Lipinski definition) is 1. The van der Waals surface area contributed by atoms with E-state index in [1.54, 1.807) is 10.9 Å². The summed E-state index contributed by atoms with van der Waals surface area (Å²) in [4.78, 5) is 14.8. The van der Waals surface area contributed by atoms with E-state index in [0.29, 0.717) is 18.0 Å². The molecule has 0 spiro atoms. The minimum absolute atomic E-state index is 0.0127. The molecule has 1 aliphatic heterocycles. The number of aliphatic hydroxyl groups excluding tert-OH is 1. The Labute approximate surface area is 136 Å². The van der Waals surface area contributed by atoms with Crippen LogP contribution in [-0.4, -0.2) is 44.9 Å². The molecule has 0 radical (unpaired) electrons. The Morgan fingerprint density at radius 3 is 2.78 bits per heavy atom. The summed E-state index contributed by atoms with van der Waals surface area (Å²) in [6.07, 6.45) is 3.67. The largest absolute Gasteiger partial charge is 0.394 e. The molecule has 1 aliphatic rings. The van der Waals surface area contributed by atoms with Crippen molar-refractivity contribution in [3.05, 3.63) is 47.8 Å². The Balaban J connectivity index is 1.90. The maximum absolute atomic E-state index is 12.9. The molecular weight excluding hydrogens is 290 g/mol. The lowest BCUT2D eigenvalue weighted by atomic mass is 9.91. The first-order valence-corrected chi connectivity index (χ1v) is 8.15. The second-order valence-electron chi connectivity index (χ2n) is 6.26. The number of aliphatic hydroxyl groups is 1. The van der Waals surface area contributed by atoms with Gasteiger partial charge in [-0.2, -0.15) is 5.10 Å². The van der Waals surface area contributed by atoms with Crippen LogP contribution in [0.4, 0.5) is 0 Å². The van der Waals surface area contributed by atoms with Gasteiger partial charge >= 0.3 is 0 Å². The molecule has 122 valence electrons. The number of amides is 1. The third kappa shape index (κ3) is 2.88. The van der Waals surface area contributed by atoms with E-state index in [1.807, 2.05) is 42.2 Å². The van der Waals surface area contributed by atoms with E-state index < -0.39 is 0 Å². The Bertz CT molecular complexity index is 681. The smallest absolute Gasteiger partial charge is 0.257 e. The van der Waals surface area contributed by atoms with Crippen LogP contribution in [0.5, 0.6) is 0 Å². The molecule has 2 heterocycles. The summed E-state index contributed by atoms with van der Waals surface area (Å²) in [6.45, 7) is 4.72.